The second-order valence-electron chi connectivity index (χ2n) is 4.11. The van der Waals surface area contributed by atoms with E-state index < -0.39 is 0 Å². The quantitative estimate of drug-likeness (QED) is 0.821. The Hall–Kier alpha value is -0.770. The van der Waals surface area contributed by atoms with Crippen LogP contribution in [0.15, 0.2) is 18.2 Å². The largest absolute Gasteiger partial charge is 0.496 e. The van der Waals surface area contributed by atoms with Crippen molar-refractivity contribution in [3.05, 3.63) is 28.8 Å². The summed E-state index contributed by atoms with van der Waals surface area (Å²) in [6.45, 7) is 4.10. The molecular formula is C12H17ClN2O. The Bertz CT molecular complexity index is 353. The molecule has 1 aliphatic heterocycles. The summed E-state index contributed by atoms with van der Waals surface area (Å²) in [6.07, 6.45) is 0. The number of hydrogen-bond acceptors (Lipinski definition) is 3. The number of methoxy groups -OCH3 is 1. The van der Waals surface area contributed by atoms with Gasteiger partial charge in [-0.25, -0.2) is 0 Å². The first-order chi connectivity index (χ1) is 7.79. The Morgan fingerprint density at radius 1 is 1.50 bits per heavy atom. The van der Waals surface area contributed by atoms with Gasteiger partial charge in [-0.2, -0.15) is 0 Å². The molecule has 0 aromatic heterocycles. The van der Waals surface area contributed by atoms with E-state index in [0.29, 0.717) is 0 Å². The van der Waals surface area contributed by atoms with Crippen molar-refractivity contribution in [2.24, 2.45) is 5.92 Å². The van der Waals surface area contributed by atoms with Gasteiger partial charge in [0.05, 0.1) is 7.11 Å². The first kappa shape index (κ1) is 11.7. The number of ether oxygens (including phenoxy) is 1. The molecule has 3 nitrogen and oxygen atoms in total. The molecule has 88 valence electrons. The molecule has 1 heterocycles. The van der Waals surface area contributed by atoms with Gasteiger partial charge in [0.1, 0.15) is 5.75 Å². The van der Waals surface area contributed by atoms with Crippen molar-refractivity contribution in [3.8, 4) is 5.75 Å². The van der Waals surface area contributed by atoms with Gasteiger partial charge in [0.2, 0.25) is 0 Å². The van der Waals surface area contributed by atoms with Gasteiger partial charge in [-0.1, -0.05) is 11.6 Å². The molecule has 1 fully saturated rings. The first-order valence-electron chi connectivity index (χ1n) is 5.53. The van der Waals surface area contributed by atoms with Crippen LogP contribution in [0.3, 0.4) is 0 Å². The zero-order valence-electron chi connectivity index (χ0n) is 9.42. The molecule has 1 saturated heterocycles. The minimum absolute atomic E-state index is 0.753. The smallest absolute Gasteiger partial charge is 0.123 e. The van der Waals surface area contributed by atoms with E-state index in [1.54, 1.807) is 7.11 Å². The van der Waals surface area contributed by atoms with E-state index >= 15 is 0 Å². The molecule has 1 aromatic rings. The average molecular weight is 241 g/mol. The van der Waals surface area contributed by atoms with Gasteiger partial charge in [-0.15, -0.1) is 0 Å². The van der Waals surface area contributed by atoms with Gasteiger partial charge < -0.3 is 15.4 Å². The molecule has 0 saturated carbocycles. The normalized spacial score (nSPS) is 15.9. The van der Waals surface area contributed by atoms with Gasteiger partial charge in [-0.3, -0.25) is 0 Å². The van der Waals surface area contributed by atoms with Crippen LogP contribution in [-0.4, -0.2) is 26.7 Å². The monoisotopic (exact) mass is 240 g/mol. The lowest BCUT2D eigenvalue weighted by atomic mass is 10.0. The van der Waals surface area contributed by atoms with Crippen LogP contribution in [-0.2, 0) is 6.54 Å². The predicted molar refractivity (Wildman–Crippen MR) is 66.1 cm³/mol. The van der Waals surface area contributed by atoms with Crippen molar-refractivity contribution in [2.45, 2.75) is 6.54 Å². The maximum atomic E-state index is 5.96. The Morgan fingerprint density at radius 3 is 2.94 bits per heavy atom. The second kappa shape index (κ2) is 5.53. The van der Waals surface area contributed by atoms with Crippen LogP contribution in [0.4, 0.5) is 0 Å². The number of halogens is 1. The number of hydrogen-bond donors (Lipinski definition) is 2. The van der Waals surface area contributed by atoms with Crippen molar-refractivity contribution >= 4 is 11.6 Å². The van der Waals surface area contributed by atoms with Crippen molar-refractivity contribution < 1.29 is 4.74 Å². The third kappa shape index (κ3) is 2.88. The van der Waals surface area contributed by atoms with Crippen molar-refractivity contribution in [2.75, 3.05) is 26.7 Å². The molecular weight excluding hydrogens is 224 g/mol. The van der Waals surface area contributed by atoms with Crippen LogP contribution in [0.1, 0.15) is 5.56 Å². The molecule has 0 bridgehead atoms. The molecule has 0 atom stereocenters. The summed E-state index contributed by atoms with van der Waals surface area (Å²) in [7, 11) is 1.68. The summed E-state index contributed by atoms with van der Waals surface area (Å²) in [5.74, 6) is 1.66. The molecule has 0 amide bonds. The zero-order valence-corrected chi connectivity index (χ0v) is 10.2. The summed E-state index contributed by atoms with van der Waals surface area (Å²) < 4.78 is 5.29. The summed E-state index contributed by atoms with van der Waals surface area (Å²) in [5.41, 5.74) is 1.11. The van der Waals surface area contributed by atoms with E-state index in [1.165, 1.54) is 0 Å². The van der Waals surface area contributed by atoms with Gasteiger partial charge in [-0.05, 0) is 24.1 Å². The minimum atomic E-state index is 0.753. The highest BCUT2D eigenvalue weighted by Gasteiger charge is 2.15. The maximum Gasteiger partial charge on any atom is 0.123 e. The summed E-state index contributed by atoms with van der Waals surface area (Å²) in [5, 5.41) is 7.44. The lowest BCUT2D eigenvalue weighted by molar-refractivity contribution is 0.330. The highest BCUT2D eigenvalue weighted by Crippen LogP contribution is 2.22. The molecule has 2 N–H and O–H groups in total. The molecule has 1 aliphatic rings. The molecule has 0 spiro atoms. The first-order valence-corrected chi connectivity index (χ1v) is 5.91. The topological polar surface area (TPSA) is 33.3 Å². The minimum Gasteiger partial charge on any atom is -0.496 e. The highest BCUT2D eigenvalue weighted by atomic mass is 35.5. The maximum absolute atomic E-state index is 5.96. The molecule has 2 rings (SSSR count). The molecule has 0 aliphatic carbocycles. The standard InChI is InChI=1S/C12H17ClN2O/c1-16-12-3-2-11(13)4-10(12)8-15-7-9-5-14-6-9/h2-4,9,14-15H,5-8H2,1H3. The molecule has 4 heteroatoms. The third-order valence-electron chi connectivity index (χ3n) is 2.86. The van der Waals surface area contributed by atoms with Gasteiger partial charge in [0.25, 0.3) is 0 Å². The van der Waals surface area contributed by atoms with E-state index in [9.17, 15) is 0 Å². The summed E-state index contributed by atoms with van der Waals surface area (Å²) in [4.78, 5) is 0. The van der Waals surface area contributed by atoms with Crippen molar-refractivity contribution in [3.63, 3.8) is 0 Å². The van der Waals surface area contributed by atoms with Crippen LogP contribution in [0, 0.1) is 5.92 Å². The van der Waals surface area contributed by atoms with Crippen LogP contribution < -0.4 is 15.4 Å². The van der Waals surface area contributed by atoms with E-state index in [0.717, 1.165) is 48.4 Å². The zero-order chi connectivity index (χ0) is 11.4. The number of nitrogens with one attached hydrogen (secondary N) is 2. The number of benzene rings is 1. The average Bonchev–Trinajstić information content (AvgIpc) is 2.22. The Morgan fingerprint density at radius 2 is 2.31 bits per heavy atom. The van der Waals surface area contributed by atoms with E-state index in [2.05, 4.69) is 10.6 Å². The second-order valence-corrected chi connectivity index (χ2v) is 4.55. The molecule has 16 heavy (non-hydrogen) atoms. The Labute approximate surface area is 101 Å². The van der Waals surface area contributed by atoms with Gasteiger partial charge >= 0.3 is 0 Å². The van der Waals surface area contributed by atoms with Crippen LogP contribution >= 0.6 is 11.6 Å². The van der Waals surface area contributed by atoms with E-state index in [4.69, 9.17) is 16.3 Å². The van der Waals surface area contributed by atoms with Crippen molar-refractivity contribution in [1.82, 2.24) is 10.6 Å². The Kier molecular flexibility index (Phi) is 4.04. The highest BCUT2D eigenvalue weighted by molar-refractivity contribution is 6.30. The van der Waals surface area contributed by atoms with Crippen LogP contribution in [0.5, 0.6) is 5.75 Å². The Balaban J connectivity index is 1.88. The summed E-state index contributed by atoms with van der Waals surface area (Å²) >= 11 is 5.96. The fourth-order valence-corrected chi connectivity index (χ4v) is 1.98. The van der Waals surface area contributed by atoms with Crippen LogP contribution in [0.2, 0.25) is 5.02 Å². The summed E-state index contributed by atoms with van der Waals surface area (Å²) in [6, 6.07) is 5.70. The molecule has 1 aromatic carbocycles. The third-order valence-corrected chi connectivity index (χ3v) is 3.09. The van der Waals surface area contributed by atoms with Gasteiger partial charge in [0, 0.05) is 36.8 Å². The lowest BCUT2D eigenvalue weighted by Crippen LogP contribution is -2.47. The predicted octanol–water partition coefficient (Wildman–Crippen LogP) is 1.66. The van der Waals surface area contributed by atoms with Crippen molar-refractivity contribution in [1.29, 1.82) is 0 Å². The fraction of sp³-hybridized carbons (Fsp3) is 0.500. The molecule has 0 unspecified atom stereocenters. The molecule has 0 radical (unpaired) electrons. The van der Waals surface area contributed by atoms with Crippen LogP contribution in [0.25, 0.3) is 0 Å². The number of rotatable bonds is 5. The van der Waals surface area contributed by atoms with Gasteiger partial charge in [0.15, 0.2) is 0 Å². The van der Waals surface area contributed by atoms with E-state index in [1.807, 2.05) is 18.2 Å². The lowest BCUT2D eigenvalue weighted by Gasteiger charge is -2.27. The van der Waals surface area contributed by atoms with E-state index in [-0.39, 0.29) is 0 Å². The fourth-order valence-electron chi connectivity index (χ4n) is 1.79. The SMILES string of the molecule is COc1ccc(Cl)cc1CNCC1CNC1.